The van der Waals surface area contributed by atoms with Crippen LogP contribution >= 0.6 is 24.0 Å². The average molecular weight is 504 g/mol. The molecule has 1 heterocycles. The highest BCUT2D eigenvalue weighted by molar-refractivity contribution is 14.0. The average Bonchev–Trinajstić information content (AvgIpc) is 2.71. The predicted molar refractivity (Wildman–Crippen MR) is 122 cm³/mol. The lowest BCUT2D eigenvalue weighted by Crippen LogP contribution is -2.49. The van der Waals surface area contributed by atoms with E-state index < -0.39 is 0 Å². The summed E-state index contributed by atoms with van der Waals surface area (Å²) in [6.07, 6.45) is 1.54. The first-order chi connectivity index (χ1) is 13.2. The van der Waals surface area contributed by atoms with E-state index in [1.54, 1.807) is 11.9 Å². The maximum absolute atomic E-state index is 11.8. The highest BCUT2D eigenvalue weighted by Crippen LogP contribution is 2.11. The second-order valence-corrected chi connectivity index (χ2v) is 6.48. The Morgan fingerprint density at radius 2 is 1.79 bits per heavy atom. The van der Waals surface area contributed by atoms with E-state index in [0.717, 1.165) is 25.4 Å². The van der Waals surface area contributed by atoms with Gasteiger partial charge in [0.05, 0.1) is 13.2 Å². The van der Waals surface area contributed by atoms with Crippen LogP contribution in [-0.4, -0.2) is 56.3 Å². The molecule has 1 aliphatic rings. The van der Waals surface area contributed by atoms with Crippen molar-refractivity contribution in [2.75, 3.05) is 33.4 Å². The molecule has 1 fully saturated rings. The Morgan fingerprint density at radius 1 is 1.14 bits per heavy atom. The summed E-state index contributed by atoms with van der Waals surface area (Å²) >= 11 is 0. The van der Waals surface area contributed by atoms with Crippen LogP contribution in [0.2, 0.25) is 0 Å². The minimum Gasteiger partial charge on any atom is -0.450 e. The van der Waals surface area contributed by atoms with Gasteiger partial charge < -0.3 is 25.0 Å². The van der Waals surface area contributed by atoms with Gasteiger partial charge in [-0.15, -0.1) is 24.0 Å². The number of amides is 1. The zero-order valence-electron chi connectivity index (χ0n) is 17.1. The first-order valence-electron chi connectivity index (χ1n) is 9.70. The number of hydrogen-bond donors (Lipinski definition) is 2. The van der Waals surface area contributed by atoms with Gasteiger partial charge in [0, 0.05) is 39.3 Å². The number of hydrogen-bond acceptors (Lipinski definition) is 4. The normalized spacial score (nSPS) is 15.0. The summed E-state index contributed by atoms with van der Waals surface area (Å²) in [5.74, 6) is 0.781. The van der Waals surface area contributed by atoms with Crippen LogP contribution in [0.15, 0.2) is 29.3 Å². The molecule has 2 N–H and O–H groups in total. The minimum absolute atomic E-state index is 0. The molecule has 1 amide bonds. The van der Waals surface area contributed by atoms with Crippen molar-refractivity contribution in [3.05, 3.63) is 35.4 Å². The summed E-state index contributed by atoms with van der Waals surface area (Å²) in [5.41, 5.74) is 2.37. The number of piperidine rings is 1. The lowest BCUT2D eigenvalue weighted by Gasteiger charge is -2.32. The van der Waals surface area contributed by atoms with E-state index in [0.29, 0.717) is 38.9 Å². The topological polar surface area (TPSA) is 75.2 Å². The molecule has 1 aromatic rings. The van der Waals surface area contributed by atoms with Crippen LogP contribution in [0.1, 0.15) is 37.8 Å². The summed E-state index contributed by atoms with van der Waals surface area (Å²) in [4.78, 5) is 17.8. The SMILES string of the molecule is CCOCc1ccc(CNC(=NC)NC2CCN(C(=O)OCC)CC2)cc1.I. The molecule has 0 aliphatic carbocycles. The fourth-order valence-corrected chi connectivity index (χ4v) is 2.97. The molecule has 1 aliphatic heterocycles. The highest BCUT2D eigenvalue weighted by atomic mass is 127. The molecule has 0 bridgehead atoms. The van der Waals surface area contributed by atoms with Gasteiger partial charge >= 0.3 is 6.09 Å². The molecule has 1 aromatic carbocycles. The number of ether oxygens (including phenoxy) is 2. The van der Waals surface area contributed by atoms with Crippen LogP contribution in [0.3, 0.4) is 0 Å². The molecule has 0 atom stereocenters. The van der Waals surface area contributed by atoms with Crippen LogP contribution in [0.25, 0.3) is 0 Å². The zero-order chi connectivity index (χ0) is 19.5. The van der Waals surface area contributed by atoms with Crippen LogP contribution in [0.5, 0.6) is 0 Å². The van der Waals surface area contributed by atoms with Crippen molar-refractivity contribution < 1.29 is 14.3 Å². The monoisotopic (exact) mass is 504 g/mol. The van der Waals surface area contributed by atoms with E-state index in [1.165, 1.54) is 11.1 Å². The van der Waals surface area contributed by atoms with Crippen molar-refractivity contribution in [1.29, 1.82) is 0 Å². The Morgan fingerprint density at radius 3 is 2.36 bits per heavy atom. The summed E-state index contributed by atoms with van der Waals surface area (Å²) < 4.78 is 10.5. The van der Waals surface area contributed by atoms with Crippen LogP contribution in [0, 0.1) is 0 Å². The lowest BCUT2D eigenvalue weighted by atomic mass is 10.1. The van der Waals surface area contributed by atoms with E-state index in [-0.39, 0.29) is 30.1 Å². The maximum atomic E-state index is 11.8. The molecule has 158 valence electrons. The van der Waals surface area contributed by atoms with Crippen molar-refractivity contribution in [3.8, 4) is 0 Å². The molecule has 0 aromatic heterocycles. The first kappa shape index (κ1) is 24.5. The van der Waals surface area contributed by atoms with Crippen molar-refractivity contribution in [3.63, 3.8) is 0 Å². The quantitative estimate of drug-likeness (QED) is 0.339. The molecular formula is C20H33IN4O3. The Labute approximate surface area is 185 Å². The smallest absolute Gasteiger partial charge is 0.409 e. The van der Waals surface area contributed by atoms with Crippen LogP contribution in [-0.2, 0) is 22.6 Å². The molecule has 0 spiro atoms. The Bertz CT molecular complexity index is 602. The van der Waals surface area contributed by atoms with Crippen molar-refractivity contribution in [2.24, 2.45) is 4.99 Å². The molecule has 2 rings (SSSR count). The number of rotatable bonds is 7. The van der Waals surface area contributed by atoms with Gasteiger partial charge in [-0.25, -0.2) is 4.79 Å². The molecule has 7 nitrogen and oxygen atoms in total. The van der Waals surface area contributed by atoms with Gasteiger partial charge in [0.2, 0.25) is 0 Å². The number of nitrogens with one attached hydrogen (secondary N) is 2. The molecule has 0 unspecified atom stereocenters. The van der Waals surface area contributed by atoms with E-state index >= 15 is 0 Å². The summed E-state index contributed by atoms with van der Waals surface area (Å²) in [6.45, 7) is 7.73. The summed E-state index contributed by atoms with van der Waals surface area (Å²) in [5, 5.41) is 6.80. The summed E-state index contributed by atoms with van der Waals surface area (Å²) in [6, 6.07) is 8.69. The molecule has 28 heavy (non-hydrogen) atoms. The maximum Gasteiger partial charge on any atom is 0.409 e. The zero-order valence-corrected chi connectivity index (χ0v) is 19.4. The van der Waals surface area contributed by atoms with Crippen LogP contribution < -0.4 is 10.6 Å². The standard InChI is InChI=1S/C20H32N4O3.HI/c1-4-26-15-17-8-6-16(7-9-17)14-22-19(21-3)23-18-10-12-24(13-11-18)20(25)27-5-2;/h6-9,18H,4-5,10-15H2,1-3H3,(H2,21,22,23);1H. The van der Waals surface area contributed by atoms with Gasteiger partial charge in [-0.2, -0.15) is 0 Å². The van der Waals surface area contributed by atoms with Crippen molar-refractivity contribution >= 4 is 36.0 Å². The Kier molecular flexibility index (Phi) is 11.9. The van der Waals surface area contributed by atoms with Crippen molar-refractivity contribution in [1.82, 2.24) is 15.5 Å². The van der Waals surface area contributed by atoms with Gasteiger partial charge in [0.25, 0.3) is 0 Å². The second-order valence-electron chi connectivity index (χ2n) is 6.48. The lowest BCUT2D eigenvalue weighted by molar-refractivity contribution is 0.0963. The molecule has 0 saturated carbocycles. The summed E-state index contributed by atoms with van der Waals surface area (Å²) in [7, 11) is 1.77. The van der Waals surface area contributed by atoms with Crippen LogP contribution in [0.4, 0.5) is 4.79 Å². The molecule has 8 heteroatoms. The Hall–Kier alpha value is -1.55. The number of guanidine groups is 1. The van der Waals surface area contributed by atoms with Crippen molar-refractivity contribution in [2.45, 2.75) is 45.9 Å². The number of carbonyl (C=O) groups is 1. The number of halogens is 1. The third kappa shape index (κ3) is 8.22. The molecule has 0 radical (unpaired) electrons. The Balaban J connectivity index is 0.00000392. The largest absolute Gasteiger partial charge is 0.450 e. The van der Waals surface area contributed by atoms with Gasteiger partial charge in [0.15, 0.2) is 5.96 Å². The van der Waals surface area contributed by atoms with Gasteiger partial charge in [-0.05, 0) is 37.8 Å². The number of carbonyl (C=O) groups excluding carboxylic acids is 1. The molecular weight excluding hydrogens is 471 g/mol. The number of benzene rings is 1. The second kappa shape index (κ2) is 13.6. The van der Waals surface area contributed by atoms with E-state index in [4.69, 9.17) is 9.47 Å². The van der Waals surface area contributed by atoms with Gasteiger partial charge in [-0.3, -0.25) is 4.99 Å². The number of nitrogens with zero attached hydrogens (tertiary/aromatic N) is 2. The highest BCUT2D eigenvalue weighted by Gasteiger charge is 2.23. The third-order valence-electron chi connectivity index (χ3n) is 4.54. The van der Waals surface area contributed by atoms with E-state index in [1.807, 2.05) is 13.8 Å². The van der Waals surface area contributed by atoms with E-state index in [9.17, 15) is 4.79 Å². The fourth-order valence-electron chi connectivity index (χ4n) is 2.97. The van der Waals surface area contributed by atoms with Gasteiger partial charge in [0.1, 0.15) is 0 Å². The fraction of sp³-hybridized carbons (Fsp3) is 0.600. The number of likely N-dealkylation sites (tertiary alicyclic amines) is 1. The third-order valence-corrected chi connectivity index (χ3v) is 4.54. The minimum atomic E-state index is -0.216. The number of aliphatic imine (C=N–C) groups is 1. The predicted octanol–water partition coefficient (Wildman–Crippen LogP) is 3.13. The van der Waals surface area contributed by atoms with Gasteiger partial charge in [-0.1, -0.05) is 24.3 Å². The first-order valence-corrected chi connectivity index (χ1v) is 9.70. The molecule has 1 saturated heterocycles. The van der Waals surface area contributed by atoms with E-state index in [2.05, 4.69) is 39.9 Å².